The number of rotatable bonds is 5. The molecule has 2 atom stereocenters. The number of halogens is 1. The lowest BCUT2D eigenvalue weighted by atomic mass is 10.1. The van der Waals surface area contributed by atoms with Gasteiger partial charge in [0.2, 0.25) is 0 Å². The van der Waals surface area contributed by atoms with E-state index < -0.39 is 6.10 Å². The molecule has 1 saturated heterocycles. The molecular formula is C11H16ClNO2S. The van der Waals surface area contributed by atoms with Crippen LogP contribution in [0.2, 0.25) is 4.34 Å². The van der Waals surface area contributed by atoms with Crippen molar-refractivity contribution in [2.24, 2.45) is 5.92 Å². The smallest absolute Gasteiger partial charge is 0.101 e. The molecule has 90 valence electrons. The Labute approximate surface area is 104 Å². The summed E-state index contributed by atoms with van der Waals surface area (Å²) in [5.41, 5.74) is 0. The van der Waals surface area contributed by atoms with Gasteiger partial charge in [-0.15, -0.1) is 11.3 Å². The molecule has 0 aliphatic carbocycles. The van der Waals surface area contributed by atoms with E-state index in [4.69, 9.17) is 16.3 Å². The highest BCUT2D eigenvalue weighted by atomic mass is 35.5. The first-order chi connectivity index (χ1) is 7.75. The van der Waals surface area contributed by atoms with E-state index in [1.807, 2.05) is 12.1 Å². The molecule has 0 spiro atoms. The molecule has 2 N–H and O–H groups in total. The van der Waals surface area contributed by atoms with Gasteiger partial charge in [0.15, 0.2) is 0 Å². The van der Waals surface area contributed by atoms with Crippen LogP contribution in [0.3, 0.4) is 0 Å². The Morgan fingerprint density at radius 1 is 1.62 bits per heavy atom. The summed E-state index contributed by atoms with van der Waals surface area (Å²) in [5.74, 6) is 0.596. The molecule has 1 aromatic heterocycles. The maximum atomic E-state index is 9.87. The van der Waals surface area contributed by atoms with Crippen LogP contribution < -0.4 is 5.32 Å². The van der Waals surface area contributed by atoms with Gasteiger partial charge in [-0.2, -0.15) is 0 Å². The van der Waals surface area contributed by atoms with Crippen molar-refractivity contribution in [3.63, 3.8) is 0 Å². The van der Waals surface area contributed by atoms with Crippen molar-refractivity contribution >= 4 is 22.9 Å². The topological polar surface area (TPSA) is 41.5 Å². The van der Waals surface area contributed by atoms with E-state index in [9.17, 15) is 5.11 Å². The summed E-state index contributed by atoms with van der Waals surface area (Å²) in [7, 11) is 0. The predicted octanol–water partition coefficient (Wildman–Crippen LogP) is 2.06. The molecule has 1 aliphatic rings. The average molecular weight is 262 g/mol. The number of hydrogen-bond donors (Lipinski definition) is 2. The fraction of sp³-hybridized carbons (Fsp3) is 0.636. The molecule has 3 nitrogen and oxygen atoms in total. The molecule has 0 aromatic carbocycles. The molecule has 1 aliphatic heterocycles. The lowest BCUT2D eigenvalue weighted by Crippen LogP contribution is -2.27. The average Bonchev–Trinajstić information content (AvgIpc) is 2.89. The Morgan fingerprint density at radius 3 is 3.12 bits per heavy atom. The van der Waals surface area contributed by atoms with E-state index >= 15 is 0 Å². The summed E-state index contributed by atoms with van der Waals surface area (Å²) in [6.45, 7) is 3.20. The molecular weight excluding hydrogens is 246 g/mol. The van der Waals surface area contributed by atoms with Crippen LogP contribution >= 0.6 is 22.9 Å². The molecule has 0 bridgehead atoms. The third kappa shape index (κ3) is 3.43. The quantitative estimate of drug-likeness (QED) is 0.853. The van der Waals surface area contributed by atoms with Gasteiger partial charge in [-0.25, -0.2) is 0 Å². The molecule has 5 heteroatoms. The Hall–Kier alpha value is -0.130. The molecule has 1 fully saturated rings. The standard InChI is InChI=1S/C11H16ClNO2S/c12-11-2-1-10(16-11)9(14)6-13-5-8-3-4-15-7-8/h1-2,8-9,13-14H,3-7H2. The number of hydrogen-bond acceptors (Lipinski definition) is 4. The Morgan fingerprint density at radius 2 is 2.50 bits per heavy atom. The summed E-state index contributed by atoms with van der Waals surface area (Å²) in [5, 5.41) is 13.1. The Balaban J connectivity index is 1.69. The van der Waals surface area contributed by atoms with Crippen LogP contribution in [0.5, 0.6) is 0 Å². The lowest BCUT2D eigenvalue weighted by molar-refractivity contribution is 0.169. The number of aliphatic hydroxyl groups is 1. The van der Waals surface area contributed by atoms with Crippen molar-refractivity contribution < 1.29 is 9.84 Å². The summed E-state index contributed by atoms with van der Waals surface area (Å²) in [6, 6.07) is 3.69. The highest BCUT2D eigenvalue weighted by Crippen LogP contribution is 2.26. The van der Waals surface area contributed by atoms with E-state index in [2.05, 4.69) is 5.32 Å². The minimum absolute atomic E-state index is 0.458. The summed E-state index contributed by atoms with van der Waals surface area (Å²) in [6.07, 6.45) is 0.660. The zero-order chi connectivity index (χ0) is 11.4. The van der Waals surface area contributed by atoms with Gasteiger partial charge in [-0.1, -0.05) is 11.6 Å². The highest BCUT2D eigenvalue weighted by molar-refractivity contribution is 7.16. The molecule has 0 saturated carbocycles. The summed E-state index contributed by atoms with van der Waals surface area (Å²) < 4.78 is 6.01. The van der Waals surface area contributed by atoms with Crippen LogP contribution in [0.15, 0.2) is 12.1 Å². The maximum Gasteiger partial charge on any atom is 0.101 e. The second-order valence-electron chi connectivity index (χ2n) is 4.05. The van der Waals surface area contributed by atoms with Crippen molar-refractivity contribution in [2.75, 3.05) is 26.3 Å². The van der Waals surface area contributed by atoms with Gasteiger partial charge in [0.1, 0.15) is 6.10 Å². The number of ether oxygens (including phenoxy) is 1. The minimum atomic E-state index is -0.458. The number of aliphatic hydroxyl groups excluding tert-OH is 1. The third-order valence-electron chi connectivity index (χ3n) is 2.72. The molecule has 1 aromatic rings. The molecule has 2 rings (SSSR count). The van der Waals surface area contributed by atoms with Crippen LogP contribution in [0.25, 0.3) is 0 Å². The zero-order valence-corrected chi connectivity index (χ0v) is 10.6. The van der Waals surface area contributed by atoms with Crippen molar-refractivity contribution in [3.05, 3.63) is 21.3 Å². The monoisotopic (exact) mass is 261 g/mol. The molecule has 0 radical (unpaired) electrons. The van der Waals surface area contributed by atoms with Crippen molar-refractivity contribution in [2.45, 2.75) is 12.5 Å². The van der Waals surface area contributed by atoms with Crippen LogP contribution in [0, 0.1) is 5.92 Å². The van der Waals surface area contributed by atoms with E-state index in [1.165, 1.54) is 11.3 Å². The lowest BCUT2D eigenvalue weighted by Gasteiger charge is -2.12. The van der Waals surface area contributed by atoms with Crippen LogP contribution in [0.4, 0.5) is 0 Å². The second kappa shape index (κ2) is 5.98. The molecule has 2 unspecified atom stereocenters. The van der Waals surface area contributed by atoms with E-state index in [-0.39, 0.29) is 0 Å². The first-order valence-electron chi connectivity index (χ1n) is 5.47. The third-order valence-corrected chi connectivity index (χ3v) is 4.05. The van der Waals surface area contributed by atoms with Crippen molar-refractivity contribution in [1.82, 2.24) is 5.32 Å². The van der Waals surface area contributed by atoms with Gasteiger partial charge in [0.05, 0.1) is 10.9 Å². The maximum absolute atomic E-state index is 9.87. The summed E-state index contributed by atoms with van der Waals surface area (Å²) >= 11 is 7.24. The van der Waals surface area contributed by atoms with Gasteiger partial charge in [-0.3, -0.25) is 0 Å². The fourth-order valence-corrected chi connectivity index (χ4v) is 2.82. The van der Waals surface area contributed by atoms with Crippen LogP contribution in [-0.4, -0.2) is 31.4 Å². The largest absolute Gasteiger partial charge is 0.386 e. The van der Waals surface area contributed by atoms with Gasteiger partial charge >= 0.3 is 0 Å². The van der Waals surface area contributed by atoms with E-state index in [1.54, 1.807) is 0 Å². The first-order valence-corrected chi connectivity index (χ1v) is 6.67. The van der Waals surface area contributed by atoms with Crippen LogP contribution in [0.1, 0.15) is 17.4 Å². The van der Waals surface area contributed by atoms with Gasteiger partial charge in [-0.05, 0) is 24.5 Å². The minimum Gasteiger partial charge on any atom is -0.386 e. The molecule has 16 heavy (non-hydrogen) atoms. The van der Waals surface area contributed by atoms with E-state index in [0.29, 0.717) is 12.5 Å². The highest BCUT2D eigenvalue weighted by Gasteiger charge is 2.16. The number of nitrogens with one attached hydrogen (secondary N) is 1. The molecule has 0 amide bonds. The number of thiophene rings is 1. The Kier molecular flexibility index (Phi) is 4.61. The van der Waals surface area contributed by atoms with E-state index in [0.717, 1.165) is 35.4 Å². The van der Waals surface area contributed by atoms with Gasteiger partial charge < -0.3 is 15.2 Å². The van der Waals surface area contributed by atoms with Gasteiger partial charge in [0, 0.05) is 24.6 Å². The molecule has 2 heterocycles. The van der Waals surface area contributed by atoms with Gasteiger partial charge in [0.25, 0.3) is 0 Å². The summed E-state index contributed by atoms with van der Waals surface area (Å²) in [4.78, 5) is 0.917. The first kappa shape index (κ1) is 12.3. The van der Waals surface area contributed by atoms with Crippen LogP contribution in [-0.2, 0) is 4.74 Å². The SMILES string of the molecule is OC(CNCC1CCOC1)c1ccc(Cl)s1. The fourth-order valence-electron chi connectivity index (χ4n) is 1.78. The van der Waals surface area contributed by atoms with Crippen molar-refractivity contribution in [3.8, 4) is 0 Å². The van der Waals surface area contributed by atoms with Crippen molar-refractivity contribution in [1.29, 1.82) is 0 Å². The zero-order valence-electron chi connectivity index (χ0n) is 8.99. The normalized spacial score (nSPS) is 22.5. The Bertz CT molecular complexity index is 326. The predicted molar refractivity (Wildman–Crippen MR) is 66.1 cm³/mol. The second-order valence-corrected chi connectivity index (χ2v) is 5.79.